The number of ether oxygens (including phenoxy) is 1. The number of halogens is 1. The first-order valence-corrected chi connectivity index (χ1v) is 6.68. The molecule has 0 saturated carbocycles. The Bertz CT molecular complexity index is 531. The van der Waals surface area contributed by atoms with Gasteiger partial charge in [0.1, 0.15) is 11.4 Å². The topological polar surface area (TPSA) is 9.23 Å². The minimum atomic E-state index is -0.108. The first kappa shape index (κ1) is 12.4. The molecule has 0 N–H and O–H groups in total. The Morgan fingerprint density at radius 2 is 1.71 bits per heavy atom. The molecular weight excluding hydrogens is 276 g/mol. The second-order valence-electron chi connectivity index (χ2n) is 4.87. The fourth-order valence-electron chi connectivity index (χ4n) is 1.65. The van der Waals surface area contributed by atoms with Gasteiger partial charge in [-0.15, -0.1) is 0 Å². The first-order valence-electron chi connectivity index (χ1n) is 5.88. The highest BCUT2D eigenvalue weighted by molar-refractivity contribution is 9.10. The lowest BCUT2D eigenvalue weighted by Gasteiger charge is -2.25. The van der Waals surface area contributed by atoms with Crippen LogP contribution >= 0.6 is 15.9 Å². The van der Waals surface area contributed by atoms with E-state index in [1.165, 1.54) is 10.8 Å². The van der Waals surface area contributed by atoms with Gasteiger partial charge in [-0.25, -0.2) is 0 Å². The Morgan fingerprint density at radius 3 is 2.41 bits per heavy atom. The van der Waals surface area contributed by atoms with Gasteiger partial charge in [-0.2, -0.15) is 0 Å². The molecule has 1 nitrogen and oxygen atoms in total. The molecule has 0 heterocycles. The van der Waals surface area contributed by atoms with E-state index in [1.807, 2.05) is 6.07 Å². The van der Waals surface area contributed by atoms with Gasteiger partial charge in [0, 0.05) is 4.47 Å². The summed E-state index contributed by atoms with van der Waals surface area (Å²) in [7, 11) is 0. The lowest BCUT2D eigenvalue weighted by molar-refractivity contribution is 0.105. The van der Waals surface area contributed by atoms with Crippen molar-refractivity contribution in [1.29, 1.82) is 0 Å². The molecule has 90 valence electrons. The van der Waals surface area contributed by atoms with E-state index in [0.717, 1.165) is 16.6 Å². The molecule has 0 unspecified atom stereocenters. The van der Waals surface area contributed by atoms with E-state index in [1.54, 1.807) is 0 Å². The summed E-state index contributed by atoms with van der Waals surface area (Å²) in [5.41, 5.74) is -0.108. The van der Waals surface area contributed by atoms with Gasteiger partial charge in [-0.3, -0.25) is 0 Å². The number of hydrogen-bond donors (Lipinski definition) is 0. The average Bonchev–Trinajstić information content (AvgIpc) is 2.29. The molecule has 17 heavy (non-hydrogen) atoms. The van der Waals surface area contributed by atoms with Crippen LogP contribution in [0.4, 0.5) is 0 Å². The van der Waals surface area contributed by atoms with Gasteiger partial charge in [0.05, 0.1) is 0 Å². The van der Waals surface area contributed by atoms with Crippen molar-refractivity contribution in [3.05, 3.63) is 40.9 Å². The molecule has 0 fully saturated rings. The summed E-state index contributed by atoms with van der Waals surface area (Å²) in [5.74, 6) is 0.937. The van der Waals surface area contributed by atoms with Crippen LogP contribution in [0.15, 0.2) is 40.9 Å². The maximum Gasteiger partial charge on any atom is 0.120 e. The Morgan fingerprint density at radius 1 is 1.06 bits per heavy atom. The highest BCUT2D eigenvalue weighted by Gasteiger charge is 2.16. The molecule has 0 radical (unpaired) electrons. The van der Waals surface area contributed by atoms with Crippen LogP contribution in [-0.2, 0) is 0 Å². The third-order valence-corrected chi connectivity index (χ3v) is 3.51. The third kappa shape index (κ3) is 3.01. The summed E-state index contributed by atoms with van der Waals surface area (Å²) >= 11 is 3.48. The van der Waals surface area contributed by atoms with Crippen LogP contribution < -0.4 is 4.74 Å². The molecule has 0 aliphatic carbocycles. The number of benzene rings is 2. The van der Waals surface area contributed by atoms with Gasteiger partial charge in [0.15, 0.2) is 0 Å². The van der Waals surface area contributed by atoms with Crippen molar-refractivity contribution in [2.45, 2.75) is 32.8 Å². The van der Waals surface area contributed by atoms with Crippen molar-refractivity contribution in [3.8, 4) is 5.75 Å². The second-order valence-corrected chi connectivity index (χ2v) is 5.78. The molecule has 2 aromatic rings. The zero-order valence-corrected chi connectivity index (χ0v) is 12.0. The van der Waals surface area contributed by atoms with Crippen molar-refractivity contribution in [1.82, 2.24) is 0 Å². The molecular formula is C15H17BrO. The normalized spacial score (nSPS) is 11.8. The van der Waals surface area contributed by atoms with Crippen molar-refractivity contribution in [3.63, 3.8) is 0 Å². The highest BCUT2D eigenvalue weighted by atomic mass is 79.9. The van der Waals surface area contributed by atoms with Crippen LogP contribution in [0.5, 0.6) is 5.75 Å². The molecule has 0 spiro atoms. The largest absolute Gasteiger partial charge is 0.488 e. The monoisotopic (exact) mass is 292 g/mol. The Kier molecular flexibility index (Phi) is 3.43. The summed E-state index contributed by atoms with van der Waals surface area (Å²) in [6.45, 7) is 6.36. The molecule has 0 bridgehead atoms. The zero-order valence-electron chi connectivity index (χ0n) is 10.5. The minimum absolute atomic E-state index is 0.108. The molecule has 0 amide bonds. The van der Waals surface area contributed by atoms with E-state index >= 15 is 0 Å². The zero-order chi connectivity index (χ0) is 12.5. The van der Waals surface area contributed by atoms with Crippen LogP contribution in [0.2, 0.25) is 0 Å². The smallest absolute Gasteiger partial charge is 0.120 e. The van der Waals surface area contributed by atoms with Crippen LogP contribution in [0.3, 0.4) is 0 Å². The van der Waals surface area contributed by atoms with E-state index in [0.29, 0.717) is 0 Å². The van der Waals surface area contributed by atoms with Crippen LogP contribution in [0.25, 0.3) is 10.8 Å². The number of fused-ring (bicyclic) bond motifs is 1. The lowest BCUT2D eigenvalue weighted by Crippen LogP contribution is -2.26. The van der Waals surface area contributed by atoms with Gasteiger partial charge in [0.25, 0.3) is 0 Å². The van der Waals surface area contributed by atoms with E-state index in [9.17, 15) is 0 Å². The first-order chi connectivity index (χ1) is 8.00. The molecule has 0 atom stereocenters. The standard InChI is InChI=1S/C15H17BrO/c1-4-15(2,3)17-14-8-6-11-9-13(16)7-5-12(11)10-14/h5-10H,4H2,1-3H3. The van der Waals surface area contributed by atoms with Gasteiger partial charge >= 0.3 is 0 Å². The van der Waals surface area contributed by atoms with Gasteiger partial charge in [-0.05, 0) is 55.3 Å². The summed E-state index contributed by atoms with van der Waals surface area (Å²) in [5, 5.41) is 2.43. The molecule has 0 aliphatic heterocycles. The van der Waals surface area contributed by atoms with E-state index in [-0.39, 0.29) is 5.60 Å². The molecule has 0 aromatic heterocycles. The van der Waals surface area contributed by atoms with E-state index in [2.05, 4.69) is 67.0 Å². The maximum atomic E-state index is 5.98. The van der Waals surface area contributed by atoms with Crippen molar-refractivity contribution < 1.29 is 4.74 Å². The lowest BCUT2D eigenvalue weighted by atomic mass is 10.1. The molecule has 2 rings (SSSR count). The quantitative estimate of drug-likeness (QED) is 0.758. The second kappa shape index (κ2) is 4.69. The SMILES string of the molecule is CCC(C)(C)Oc1ccc2cc(Br)ccc2c1. The van der Waals surface area contributed by atoms with Gasteiger partial charge in [-0.1, -0.05) is 35.0 Å². The maximum absolute atomic E-state index is 5.98. The fourth-order valence-corrected chi connectivity index (χ4v) is 2.03. The predicted molar refractivity (Wildman–Crippen MR) is 76.6 cm³/mol. The van der Waals surface area contributed by atoms with Crippen LogP contribution in [0, 0.1) is 0 Å². The van der Waals surface area contributed by atoms with E-state index < -0.39 is 0 Å². The average molecular weight is 293 g/mol. The molecule has 2 heteroatoms. The van der Waals surface area contributed by atoms with Crippen LogP contribution in [-0.4, -0.2) is 5.60 Å². The fraction of sp³-hybridized carbons (Fsp3) is 0.333. The van der Waals surface area contributed by atoms with E-state index in [4.69, 9.17) is 4.74 Å². The highest BCUT2D eigenvalue weighted by Crippen LogP contribution is 2.27. The summed E-state index contributed by atoms with van der Waals surface area (Å²) < 4.78 is 7.08. The van der Waals surface area contributed by atoms with Crippen LogP contribution in [0.1, 0.15) is 27.2 Å². The Labute approximate surface area is 111 Å². The molecule has 0 aliphatic rings. The predicted octanol–water partition coefficient (Wildman–Crippen LogP) is 5.17. The summed E-state index contributed by atoms with van der Waals surface area (Å²) in [6, 6.07) is 12.5. The summed E-state index contributed by atoms with van der Waals surface area (Å²) in [4.78, 5) is 0. The Balaban J connectivity index is 2.35. The summed E-state index contributed by atoms with van der Waals surface area (Å²) in [6.07, 6.45) is 0.991. The third-order valence-electron chi connectivity index (χ3n) is 3.02. The van der Waals surface area contributed by atoms with Gasteiger partial charge < -0.3 is 4.74 Å². The molecule has 0 saturated heterocycles. The minimum Gasteiger partial charge on any atom is -0.488 e. The Hall–Kier alpha value is -1.02. The van der Waals surface area contributed by atoms with Crippen molar-refractivity contribution in [2.24, 2.45) is 0 Å². The van der Waals surface area contributed by atoms with Crippen molar-refractivity contribution >= 4 is 26.7 Å². The van der Waals surface area contributed by atoms with Gasteiger partial charge in [0.2, 0.25) is 0 Å². The molecule has 2 aromatic carbocycles. The van der Waals surface area contributed by atoms with Crippen molar-refractivity contribution in [2.75, 3.05) is 0 Å². The number of hydrogen-bond acceptors (Lipinski definition) is 1. The number of rotatable bonds is 3.